The molecule has 6 heteroatoms. The Morgan fingerprint density at radius 1 is 1.12 bits per heavy atom. The second kappa shape index (κ2) is 10.1. The van der Waals surface area contributed by atoms with E-state index in [4.69, 9.17) is 17.6 Å². The average molecular weight is 460 g/mol. The quantitative estimate of drug-likeness (QED) is 0.495. The van der Waals surface area contributed by atoms with Gasteiger partial charge in [-0.25, -0.2) is 0 Å². The molecule has 1 fully saturated rings. The maximum Gasteiger partial charge on any atom is 0.254 e. The molecule has 33 heavy (non-hydrogen) atoms. The van der Waals surface area contributed by atoms with E-state index in [1.54, 1.807) is 13.0 Å². The largest absolute Gasteiger partial charge is 0.401 e. The van der Waals surface area contributed by atoms with Crippen LogP contribution < -0.4 is 5.73 Å². The van der Waals surface area contributed by atoms with Gasteiger partial charge in [0.1, 0.15) is 0 Å². The summed E-state index contributed by atoms with van der Waals surface area (Å²) in [7, 11) is 0. The number of amides is 1. The zero-order valence-corrected chi connectivity index (χ0v) is 20.3. The number of benzene rings is 2. The molecule has 2 aromatic carbocycles. The number of likely N-dealkylation sites (tertiary alicyclic amines) is 1. The molecule has 0 bridgehead atoms. The van der Waals surface area contributed by atoms with Gasteiger partial charge in [0.15, 0.2) is 5.12 Å². The molecule has 170 valence electrons. The van der Waals surface area contributed by atoms with Crippen LogP contribution in [0.4, 0.5) is 0 Å². The van der Waals surface area contributed by atoms with E-state index in [1.165, 1.54) is 12.5 Å². The van der Waals surface area contributed by atoms with E-state index in [0.29, 0.717) is 47.2 Å². The molecule has 1 heterocycles. The van der Waals surface area contributed by atoms with Gasteiger partial charge in [-0.1, -0.05) is 35.9 Å². The Kier molecular flexibility index (Phi) is 7.45. The Hall–Kier alpha value is -3.30. The van der Waals surface area contributed by atoms with Gasteiger partial charge in [0.25, 0.3) is 5.91 Å². The summed E-state index contributed by atoms with van der Waals surface area (Å²) in [5.74, 6) is 3.24. The van der Waals surface area contributed by atoms with Crippen LogP contribution in [0.5, 0.6) is 0 Å². The number of hydrogen-bond acceptors (Lipinski definition) is 5. The van der Waals surface area contributed by atoms with E-state index < -0.39 is 0 Å². The number of thioether (sulfide) groups is 1. The number of aryl methyl sites for hydroxylation is 2. The van der Waals surface area contributed by atoms with Gasteiger partial charge < -0.3 is 10.6 Å². The number of hydrogen-bond donors (Lipinski definition) is 2. The molecule has 0 aliphatic carbocycles. The molecule has 3 N–H and O–H groups in total. The van der Waals surface area contributed by atoms with E-state index in [2.05, 4.69) is 5.92 Å². The van der Waals surface area contributed by atoms with Crippen LogP contribution in [0.3, 0.4) is 0 Å². The highest BCUT2D eigenvalue weighted by molar-refractivity contribution is 8.13. The maximum atomic E-state index is 13.2. The molecule has 0 unspecified atom stereocenters. The lowest BCUT2D eigenvalue weighted by molar-refractivity contribution is -0.109. The van der Waals surface area contributed by atoms with Crippen molar-refractivity contribution in [3.8, 4) is 12.3 Å². The summed E-state index contributed by atoms with van der Waals surface area (Å²) in [6.07, 6.45) is 5.43. The van der Waals surface area contributed by atoms with Crippen molar-refractivity contribution in [2.45, 2.75) is 33.6 Å². The molecule has 5 nitrogen and oxygen atoms in total. The average Bonchev–Trinajstić information content (AvgIpc) is 2.75. The fraction of sp³-hybridized carbons (Fsp3) is 0.296. The third-order valence-corrected chi connectivity index (χ3v) is 6.94. The van der Waals surface area contributed by atoms with Crippen LogP contribution in [0.2, 0.25) is 0 Å². The molecular formula is C27H29N3O2S. The first-order valence-electron chi connectivity index (χ1n) is 10.8. The van der Waals surface area contributed by atoms with Gasteiger partial charge in [-0.05, 0) is 61.2 Å². The fourth-order valence-electron chi connectivity index (χ4n) is 3.88. The summed E-state index contributed by atoms with van der Waals surface area (Å²) >= 11 is 1.12. The zero-order chi connectivity index (χ0) is 24.3. The van der Waals surface area contributed by atoms with E-state index in [9.17, 15) is 9.59 Å². The number of rotatable bonds is 6. The summed E-state index contributed by atoms with van der Waals surface area (Å²) in [6.45, 7) is 8.44. The minimum absolute atomic E-state index is 0.0171. The normalized spacial score (nSPS) is 14.2. The van der Waals surface area contributed by atoms with Crippen molar-refractivity contribution in [2.75, 3.05) is 18.8 Å². The molecular weight excluding hydrogens is 430 g/mol. The van der Waals surface area contributed by atoms with E-state index in [1.807, 2.05) is 49.1 Å². The highest BCUT2D eigenvalue weighted by Gasteiger charge is 2.33. The summed E-state index contributed by atoms with van der Waals surface area (Å²) in [5.41, 5.74) is 12.6. The molecule has 0 radical (unpaired) electrons. The van der Waals surface area contributed by atoms with Crippen LogP contribution in [0.25, 0.3) is 0 Å². The summed E-state index contributed by atoms with van der Waals surface area (Å²) in [6, 6.07) is 11.7. The monoisotopic (exact) mass is 459 g/mol. The molecule has 1 aliphatic rings. The Balaban J connectivity index is 1.77. The number of nitrogens with one attached hydrogen (secondary N) is 1. The number of carbonyl (C=O) groups excluding carboxylic acids is 2. The van der Waals surface area contributed by atoms with Gasteiger partial charge >= 0.3 is 0 Å². The molecule has 3 rings (SSSR count). The smallest absolute Gasteiger partial charge is 0.254 e. The van der Waals surface area contributed by atoms with Crippen molar-refractivity contribution in [1.82, 2.24) is 4.90 Å². The van der Waals surface area contributed by atoms with Crippen molar-refractivity contribution in [2.24, 2.45) is 5.73 Å². The molecule has 1 saturated heterocycles. The number of carbonyl (C=O) groups is 2. The number of terminal acetylenes is 1. The lowest BCUT2D eigenvalue weighted by Gasteiger charge is -2.40. The Morgan fingerprint density at radius 2 is 1.73 bits per heavy atom. The van der Waals surface area contributed by atoms with Crippen molar-refractivity contribution >= 4 is 28.5 Å². The minimum atomic E-state index is -0.0280. The Morgan fingerprint density at radius 3 is 2.30 bits per heavy atom. The van der Waals surface area contributed by atoms with E-state index >= 15 is 0 Å². The standard InChI is InChI=1S/C27H29N3O2S/c1-6-20-7-9-21(10-8-20)22-13-30(14-22)27(32)24-12-23(16(2)11-17(24)3)26(29)18(4)25(28)15-33-19(5)31/h1,7-12,22,29H,13-15,28H2,2-5H3. The molecule has 1 amide bonds. The fourth-order valence-corrected chi connectivity index (χ4v) is 4.45. The van der Waals surface area contributed by atoms with Crippen molar-refractivity contribution in [3.63, 3.8) is 0 Å². The summed E-state index contributed by atoms with van der Waals surface area (Å²) in [4.78, 5) is 26.3. The van der Waals surface area contributed by atoms with Gasteiger partial charge in [0, 0.05) is 54.1 Å². The van der Waals surface area contributed by atoms with Gasteiger partial charge in [-0.3, -0.25) is 15.0 Å². The molecule has 0 spiro atoms. The molecule has 2 aromatic rings. The maximum absolute atomic E-state index is 13.2. The third kappa shape index (κ3) is 5.37. The van der Waals surface area contributed by atoms with Gasteiger partial charge in [0.2, 0.25) is 0 Å². The second-order valence-electron chi connectivity index (χ2n) is 8.46. The SMILES string of the molecule is C#Cc1ccc(C2CN(C(=O)c3cc(C(=N)C(C)=C(N)CSC(C)=O)c(C)cc3C)C2)cc1. The highest BCUT2D eigenvalue weighted by atomic mass is 32.2. The lowest BCUT2D eigenvalue weighted by Crippen LogP contribution is -2.48. The zero-order valence-electron chi connectivity index (χ0n) is 19.5. The van der Waals surface area contributed by atoms with Gasteiger partial charge in [-0.2, -0.15) is 0 Å². The van der Waals surface area contributed by atoms with E-state index in [-0.39, 0.29) is 16.7 Å². The number of allylic oxidation sites excluding steroid dienone is 1. The predicted molar refractivity (Wildman–Crippen MR) is 136 cm³/mol. The molecule has 0 aromatic heterocycles. The van der Waals surface area contributed by atoms with Crippen molar-refractivity contribution in [3.05, 3.63) is 81.0 Å². The van der Waals surface area contributed by atoms with Crippen LogP contribution in [-0.2, 0) is 4.79 Å². The van der Waals surface area contributed by atoms with E-state index in [0.717, 1.165) is 28.5 Å². The number of nitrogens with zero attached hydrogens (tertiary/aromatic N) is 1. The van der Waals surface area contributed by atoms with Gasteiger partial charge in [-0.15, -0.1) is 6.42 Å². The number of nitrogens with two attached hydrogens (primary N) is 1. The first kappa shape index (κ1) is 24.3. The second-order valence-corrected chi connectivity index (χ2v) is 9.61. The van der Waals surface area contributed by atoms with Crippen LogP contribution in [0.15, 0.2) is 47.7 Å². The molecule has 0 saturated carbocycles. The van der Waals surface area contributed by atoms with Crippen LogP contribution in [0.1, 0.15) is 57.9 Å². The van der Waals surface area contributed by atoms with Crippen molar-refractivity contribution < 1.29 is 9.59 Å². The Labute approximate surface area is 199 Å². The first-order valence-corrected chi connectivity index (χ1v) is 11.8. The summed E-state index contributed by atoms with van der Waals surface area (Å²) < 4.78 is 0. The summed E-state index contributed by atoms with van der Waals surface area (Å²) in [5, 5.41) is 8.66. The molecule has 1 aliphatic heterocycles. The van der Waals surface area contributed by atoms with Crippen LogP contribution >= 0.6 is 11.8 Å². The van der Waals surface area contributed by atoms with Gasteiger partial charge in [0.05, 0.1) is 5.71 Å². The van der Waals surface area contributed by atoms with Crippen LogP contribution in [-0.4, -0.2) is 40.5 Å². The third-order valence-electron chi connectivity index (χ3n) is 6.08. The topological polar surface area (TPSA) is 87.2 Å². The Bertz CT molecular complexity index is 1180. The lowest BCUT2D eigenvalue weighted by atomic mass is 9.88. The predicted octanol–water partition coefficient (Wildman–Crippen LogP) is 4.40. The molecule has 0 atom stereocenters. The first-order chi connectivity index (χ1) is 15.6. The van der Waals surface area contributed by atoms with Crippen LogP contribution in [0, 0.1) is 31.6 Å². The van der Waals surface area contributed by atoms with Crippen molar-refractivity contribution in [1.29, 1.82) is 5.41 Å². The highest BCUT2D eigenvalue weighted by Crippen LogP contribution is 2.30. The minimum Gasteiger partial charge on any atom is -0.401 e.